The summed E-state index contributed by atoms with van der Waals surface area (Å²) in [5, 5.41) is 6.06. The molecule has 0 bridgehead atoms. The number of para-hydroxylation sites is 2. The van der Waals surface area contributed by atoms with E-state index < -0.39 is 0 Å². The van der Waals surface area contributed by atoms with Gasteiger partial charge in [-0.05, 0) is 24.3 Å². The van der Waals surface area contributed by atoms with E-state index in [0.29, 0.717) is 20.9 Å². The van der Waals surface area contributed by atoms with Gasteiger partial charge in [0.1, 0.15) is 5.82 Å². The molecule has 2 aromatic carbocycles. The second kappa shape index (κ2) is 8.30. The third-order valence-corrected chi connectivity index (χ3v) is 6.03. The molecule has 1 amide bonds. The smallest absolute Gasteiger partial charge is 0.236 e. The molecular weight excluding hydrogens is 419 g/mol. The van der Waals surface area contributed by atoms with Gasteiger partial charge in [-0.15, -0.1) is 11.3 Å². The van der Waals surface area contributed by atoms with Crippen molar-refractivity contribution < 1.29 is 9.18 Å². The van der Waals surface area contributed by atoms with Crippen molar-refractivity contribution in [3.8, 4) is 0 Å². The maximum absolute atomic E-state index is 14.3. The number of fused-ring (bicyclic) bond motifs is 1. The molecule has 0 aliphatic carbocycles. The number of aromatic nitrogens is 3. The predicted molar refractivity (Wildman–Crippen MR) is 112 cm³/mol. The Morgan fingerprint density at radius 2 is 2.11 bits per heavy atom. The lowest BCUT2D eigenvalue weighted by Gasteiger charge is -2.11. The molecule has 0 aliphatic heterocycles. The summed E-state index contributed by atoms with van der Waals surface area (Å²) in [6.45, 7) is 0.225. The number of anilines is 1. The molecule has 0 radical (unpaired) electrons. The Morgan fingerprint density at radius 3 is 2.89 bits per heavy atom. The lowest BCUT2D eigenvalue weighted by molar-refractivity contribution is -0.113. The highest BCUT2D eigenvalue weighted by Gasteiger charge is 2.16. The summed E-state index contributed by atoms with van der Waals surface area (Å²) in [6, 6.07) is 12.2. The highest BCUT2D eigenvalue weighted by Crippen LogP contribution is 2.28. The van der Waals surface area contributed by atoms with Crippen LogP contribution in [0.3, 0.4) is 0 Å². The van der Waals surface area contributed by atoms with E-state index >= 15 is 0 Å². The number of rotatable bonds is 6. The average molecular weight is 433 g/mol. The van der Waals surface area contributed by atoms with Crippen LogP contribution < -0.4 is 5.32 Å². The predicted octanol–water partition coefficient (Wildman–Crippen LogP) is 5.06. The number of amides is 1. The molecule has 0 saturated heterocycles. The Kier molecular flexibility index (Phi) is 5.61. The first-order chi connectivity index (χ1) is 13.6. The molecular formula is C19H14ClFN4OS2. The third-order valence-electron chi connectivity index (χ3n) is 4.01. The minimum atomic E-state index is -0.372. The Labute approximate surface area is 173 Å². The third kappa shape index (κ3) is 4.04. The van der Waals surface area contributed by atoms with Crippen LogP contribution in [-0.2, 0) is 11.3 Å². The molecule has 4 aromatic rings. The van der Waals surface area contributed by atoms with Crippen LogP contribution in [0.15, 0.2) is 59.2 Å². The fourth-order valence-electron chi connectivity index (χ4n) is 2.73. The van der Waals surface area contributed by atoms with Crippen molar-refractivity contribution in [3.63, 3.8) is 0 Å². The van der Waals surface area contributed by atoms with Crippen molar-refractivity contribution in [1.82, 2.24) is 14.5 Å². The minimum absolute atomic E-state index is 0.161. The average Bonchev–Trinajstić information content (AvgIpc) is 3.31. The molecule has 2 heterocycles. The Morgan fingerprint density at radius 1 is 1.25 bits per heavy atom. The summed E-state index contributed by atoms with van der Waals surface area (Å²) in [6.07, 6.45) is 1.63. The van der Waals surface area contributed by atoms with Gasteiger partial charge in [-0.1, -0.05) is 41.6 Å². The van der Waals surface area contributed by atoms with Gasteiger partial charge in [0.25, 0.3) is 0 Å². The Bertz CT molecular complexity index is 1110. The van der Waals surface area contributed by atoms with Crippen molar-refractivity contribution in [3.05, 3.63) is 70.4 Å². The molecule has 1 N–H and O–H groups in total. The van der Waals surface area contributed by atoms with Crippen LogP contribution >= 0.6 is 34.7 Å². The second-order valence-corrected chi connectivity index (χ2v) is 8.09. The molecule has 142 valence electrons. The van der Waals surface area contributed by atoms with Gasteiger partial charge in [-0.2, -0.15) is 0 Å². The van der Waals surface area contributed by atoms with Crippen LogP contribution in [0.25, 0.3) is 11.0 Å². The highest BCUT2D eigenvalue weighted by molar-refractivity contribution is 7.99. The van der Waals surface area contributed by atoms with Crippen molar-refractivity contribution in [2.75, 3.05) is 11.1 Å². The van der Waals surface area contributed by atoms with Crippen LogP contribution in [0.5, 0.6) is 0 Å². The zero-order valence-electron chi connectivity index (χ0n) is 14.4. The van der Waals surface area contributed by atoms with Gasteiger partial charge < -0.3 is 9.88 Å². The zero-order valence-corrected chi connectivity index (χ0v) is 16.8. The molecule has 4 rings (SSSR count). The quantitative estimate of drug-likeness (QED) is 0.432. The number of nitrogens with zero attached hydrogens (tertiary/aromatic N) is 3. The fourth-order valence-corrected chi connectivity index (χ4v) is 4.31. The first kappa shape index (κ1) is 18.9. The number of benzene rings is 2. The van der Waals surface area contributed by atoms with Gasteiger partial charge in [-0.25, -0.2) is 14.4 Å². The summed E-state index contributed by atoms with van der Waals surface area (Å²) in [5.41, 5.74) is 2.02. The van der Waals surface area contributed by atoms with E-state index in [-0.39, 0.29) is 24.0 Å². The number of imidazole rings is 1. The first-order valence-electron chi connectivity index (χ1n) is 8.32. The van der Waals surface area contributed by atoms with Crippen molar-refractivity contribution in [1.29, 1.82) is 0 Å². The zero-order chi connectivity index (χ0) is 19.5. The first-order valence-corrected chi connectivity index (χ1v) is 10.6. The number of hydrogen-bond donors (Lipinski definition) is 1. The maximum atomic E-state index is 14.3. The fraction of sp³-hybridized carbons (Fsp3) is 0.105. The largest absolute Gasteiger partial charge is 0.314 e. The number of thiazole rings is 1. The number of nitrogens with one attached hydrogen (secondary N) is 1. The molecule has 9 heteroatoms. The number of halogens is 2. The van der Waals surface area contributed by atoms with Crippen LogP contribution in [-0.4, -0.2) is 26.2 Å². The molecule has 2 aromatic heterocycles. The van der Waals surface area contributed by atoms with Gasteiger partial charge in [-0.3, -0.25) is 4.79 Å². The molecule has 0 atom stereocenters. The molecule has 0 saturated carbocycles. The summed E-state index contributed by atoms with van der Waals surface area (Å²) >= 11 is 8.85. The number of hydrogen-bond acceptors (Lipinski definition) is 5. The van der Waals surface area contributed by atoms with E-state index in [2.05, 4.69) is 15.3 Å². The highest BCUT2D eigenvalue weighted by atomic mass is 35.5. The number of carbonyl (C=O) groups is 1. The van der Waals surface area contributed by atoms with E-state index in [4.69, 9.17) is 11.6 Å². The lowest BCUT2D eigenvalue weighted by Crippen LogP contribution is -2.14. The van der Waals surface area contributed by atoms with Crippen molar-refractivity contribution in [2.24, 2.45) is 0 Å². The Hall–Kier alpha value is -2.42. The minimum Gasteiger partial charge on any atom is -0.314 e. The van der Waals surface area contributed by atoms with Gasteiger partial charge in [0.2, 0.25) is 5.91 Å². The van der Waals surface area contributed by atoms with Gasteiger partial charge in [0.15, 0.2) is 10.3 Å². The molecule has 0 spiro atoms. The summed E-state index contributed by atoms with van der Waals surface area (Å²) in [5.74, 6) is -0.390. The lowest BCUT2D eigenvalue weighted by atomic mass is 10.2. The SMILES string of the molecule is O=C(CSc1nc2ccccc2n1Cc1c(F)cccc1Cl)Nc1nccs1. The Balaban J connectivity index is 1.61. The van der Waals surface area contributed by atoms with Gasteiger partial charge in [0.05, 0.1) is 23.3 Å². The normalized spacial score (nSPS) is 11.1. The summed E-state index contributed by atoms with van der Waals surface area (Å²) in [7, 11) is 0. The van der Waals surface area contributed by atoms with Crippen LogP contribution in [0.1, 0.15) is 5.56 Å². The van der Waals surface area contributed by atoms with E-state index in [1.54, 1.807) is 23.7 Å². The van der Waals surface area contributed by atoms with Crippen molar-refractivity contribution >= 4 is 56.8 Å². The standard InChI is InChI=1S/C19H14ClFN4OS2/c20-13-4-3-5-14(21)12(13)10-25-16-7-2-1-6-15(16)23-19(25)28-11-17(26)24-18-22-8-9-27-18/h1-9H,10-11H2,(H,22,24,26). The van der Waals surface area contributed by atoms with E-state index in [1.165, 1.54) is 29.2 Å². The van der Waals surface area contributed by atoms with E-state index in [0.717, 1.165) is 11.0 Å². The van der Waals surface area contributed by atoms with Crippen LogP contribution in [0, 0.1) is 5.82 Å². The van der Waals surface area contributed by atoms with Crippen LogP contribution in [0.2, 0.25) is 5.02 Å². The van der Waals surface area contributed by atoms with E-state index in [1.807, 2.05) is 28.8 Å². The molecule has 5 nitrogen and oxygen atoms in total. The molecule has 0 unspecified atom stereocenters. The topological polar surface area (TPSA) is 59.8 Å². The second-order valence-electron chi connectivity index (χ2n) is 5.84. The molecule has 28 heavy (non-hydrogen) atoms. The van der Waals surface area contributed by atoms with Crippen LogP contribution in [0.4, 0.5) is 9.52 Å². The monoisotopic (exact) mass is 432 g/mol. The maximum Gasteiger partial charge on any atom is 0.236 e. The molecule has 0 aliphatic rings. The number of carbonyl (C=O) groups excluding carboxylic acids is 1. The van der Waals surface area contributed by atoms with E-state index in [9.17, 15) is 9.18 Å². The van der Waals surface area contributed by atoms with Gasteiger partial charge in [0, 0.05) is 22.2 Å². The van der Waals surface area contributed by atoms with Gasteiger partial charge >= 0.3 is 0 Å². The molecule has 0 fully saturated rings. The summed E-state index contributed by atoms with van der Waals surface area (Å²) < 4.78 is 16.2. The number of thioether (sulfide) groups is 1. The summed E-state index contributed by atoms with van der Waals surface area (Å²) in [4.78, 5) is 20.8. The van der Waals surface area contributed by atoms with Crippen molar-refractivity contribution in [2.45, 2.75) is 11.7 Å².